The van der Waals surface area contributed by atoms with E-state index < -0.39 is 0 Å². The summed E-state index contributed by atoms with van der Waals surface area (Å²) in [5.41, 5.74) is 2.15. The average molecular weight is 248 g/mol. The van der Waals surface area contributed by atoms with Crippen LogP contribution in [0.15, 0.2) is 6.07 Å². The van der Waals surface area contributed by atoms with Crippen molar-refractivity contribution in [2.45, 2.75) is 52.0 Å². The standard InChI is InChI=1S/C14H24N4/c1-10(2)13-9-11(3)17-14(18-13)16-8-6-12-5-4-7-15-12/h9-10,12,15H,4-8H2,1-3H3,(H,16,17,18)/t12-/m0/s1. The lowest BCUT2D eigenvalue weighted by Gasteiger charge is -2.12. The van der Waals surface area contributed by atoms with Gasteiger partial charge in [-0.15, -0.1) is 0 Å². The Morgan fingerprint density at radius 2 is 2.28 bits per heavy atom. The van der Waals surface area contributed by atoms with Gasteiger partial charge in [-0.2, -0.15) is 0 Å². The van der Waals surface area contributed by atoms with Gasteiger partial charge in [0, 0.05) is 24.0 Å². The fourth-order valence-electron chi connectivity index (χ4n) is 2.33. The molecule has 4 nitrogen and oxygen atoms in total. The number of nitrogens with one attached hydrogen (secondary N) is 2. The third-order valence-electron chi connectivity index (χ3n) is 3.40. The lowest BCUT2D eigenvalue weighted by molar-refractivity contribution is 0.573. The number of anilines is 1. The number of hydrogen-bond donors (Lipinski definition) is 2. The van der Waals surface area contributed by atoms with E-state index in [1.54, 1.807) is 0 Å². The summed E-state index contributed by atoms with van der Waals surface area (Å²) in [6.45, 7) is 8.46. The second-order valence-corrected chi connectivity index (χ2v) is 5.42. The van der Waals surface area contributed by atoms with Gasteiger partial charge in [0.1, 0.15) is 0 Å². The van der Waals surface area contributed by atoms with E-state index in [1.807, 2.05) is 6.92 Å². The zero-order chi connectivity index (χ0) is 13.0. The fraction of sp³-hybridized carbons (Fsp3) is 0.714. The van der Waals surface area contributed by atoms with Crippen molar-refractivity contribution in [3.05, 3.63) is 17.5 Å². The molecule has 2 rings (SSSR count). The summed E-state index contributed by atoms with van der Waals surface area (Å²) in [6.07, 6.45) is 3.75. The Hall–Kier alpha value is -1.16. The van der Waals surface area contributed by atoms with Gasteiger partial charge in [-0.05, 0) is 44.7 Å². The summed E-state index contributed by atoms with van der Waals surface area (Å²) in [5.74, 6) is 1.22. The predicted molar refractivity (Wildman–Crippen MR) is 75.0 cm³/mol. The molecule has 100 valence electrons. The Kier molecular flexibility index (Phi) is 4.53. The normalized spacial score (nSPS) is 19.4. The molecular weight excluding hydrogens is 224 g/mol. The molecule has 0 aliphatic carbocycles. The van der Waals surface area contributed by atoms with E-state index in [-0.39, 0.29) is 0 Å². The molecule has 0 aromatic carbocycles. The monoisotopic (exact) mass is 248 g/mol. The molecule has 0 amide bonds. The minimum atomic E-state index is 0.448. The first-order valence-corrected chi connectivity index (χ1v) is 6.98. The molecule has 1 aromatic rings. The van der Waals surface area contributed by atoms with Crippen LogP contribution >= 0.6 is 0 Å². The molecule has 4 heteroatoms. The molecule has 1 aromatic heterocycles. The maximum absolute atomic E-state index is 4.55. The minimum absolute atomic E-state index is 0.448. The first kappa shape index (κ1) is 13.3. The van der Waals surface area contributed by atoms with Crippen LogP contribution in [0, 0.1) is 6.92 Å². The van der Waals surface area contributed by atoms with Crippen LogP contribution in [0.1, 0.15) is 50.4 Å². The van der Waals surface area contributed by atoms with Crippen molar-refractivity contribution in [1.29, 1.82) is 0 Å². The highest BCUT2D eigenvalue weighted by atomic mass is 15.1. The highest BCUT2D eigenvalue weighted by molar-refractivity contribution is 5.29. The molecule has 1 saturated heterocycles. The van der Waals surface area contributed by atoms with Gasteiger partial charge in [0.15, 0.2) is 0 Å². The van der Waals surface area contributed by atoms with E-state index >= 15 is 0 Å². The zero-order valence-corrected chi connectivity index (χ0v) is 11.7. The smallest absolute Gasteiger partial charge is 0.223 e. The van der Waals surface area contributed by atoms with Crippen LogP contribution in [0.5, 0.6) is 0 Å². The maximum Gasteiger partial charge on any atom is 0.223 e. The summed E-state index contributed by atoms with van der Waals surface area (Å²) in [4.78, 5) is 8.99. The lowest BCUT2D eigenvalue weighted by Crippen LogP contribution is -2.24. The van der Waals surface area contributed by atoms with Gasteiger partial charge in [0.05, 0.1) is 0 Å². The molecule has 0 spiro atoms. The summed E-state index contributed by atoms with van der Waals surface area (Å²) >= 11 is 0. The fourth-order valence-corrected chi connectivity index (χ4v) is 2.33. The van der Waals surface area contributed by atoms with Gasteiger partial charge in [-0.25, -0.2) is 9.97 Å². The van der Waals surface area contributed by atoms with Gasteiger partial charge in [-0.1, -0.05) is 13.8 Å². The van der Waals surface area contributed by atoms with Gasteiger partial charge in [0.2, 0.25) is 5.95 Å². The number of aryl methyl sites for hydroxylation is 1. The second kappa shape index (κ2) is 6.14. The third-order valence-corrected chi connectivity index (χ3v) is 3.40. The Morgan fingerprint density at radius 3 is 2.94 bits per heavy atom. The molecule has 0 saturated carbocycles. The molecule has 0 radical (unpaired) electrons. The highest BCUT2D eigenvalue weighted by Crippen LogP contribution is 2.15. The van der Waals surface area contributed by atoms with Crippen LogP contribution in [-0.4, -0.2) is 29.1 Å². The molecular formula is C14H24N4. The van der Waals surface area contributed by atoms with Crippen LogP contribution in [0.25, 0.3) is 0 Å². The Labute approximate surface area is 110 Å². The van der Waals surface area contributed by atoms with E-state index in [0.717, 1.165) is 30.3 Å². The van der Waals surface area contributed by atoms with E-state index in [2.05, 4.69) is 40.5 Å². The largest absolute Gasteiger partial charge is 0.354 e. The van der Waals surface area contributed by atoms with Crippen molar-refractivity contribution in [3.63, 3.8) is 0 Å². The topological polar surface area (TPSA) is 49.8 Å². The number of hydrogen-bond acceptors (Lipinski definition) is 4. The molecule has 0 bridgehead atoms. The van der Waals surface area contributed by atoms with Crippen LogP contribution in [0.4, 0.5) is 5.95 Å². The Morgan fingerprint density at radius 1 is 1.44 bits per heavy atom. The molecule has 1 aliphatic rings. The SMILES string of the molecule is Cc1cc(C(C)C)nc(NCC[C@@H]2CCCN2)n1. The van der Waals surface area contributed by atoms with E-state index in [1.165, 1.54) is 19.4 Å². The van der Waals surface area contributed by atoms with Gasteiger partial charge < -0.3 is 10.6 Å². The summed E-state index contributed by atoms with van der Waals surface area (Å²) in [7, 11) is 0. The zero-order valence-electron chi connectivity index (χ0n) is 11.7. The number of aromatic nitrogens is 2. The van der Waals surface area contributed by atoms with Crippen LogP contribution < -0.4 is 10.6 Å². The number of nitrogens with zero attached hydrogens (tertiary/aromatic N) is 2. The van der Waals surface area contributed by atoms with Crippen molar-refractivity contribution in [1.82, 2.24) is 15.3 Å². The molecule has 2 heterocycles. The first-order chi connectivity index (χ1) is 8.65. The van der Waals surface area contributed by atoms with Crippen molar-refractivity contribution >= 4 is 5.95 Å². The Balaban J connectivity index is 1.88. The van der Waals surface area contributed by atoms with Gasteiger partial charge >= 0.3 is 0 Å². The molecule has 0 unspecified atom stereocenters. The first-order valence-electron chi connectivity index (χ1n) is 6.98. The van der Waals surface area contributed by atoms with Crippen LogP contribution in [0.2, 0.25) is 0 Å². The van der Waals surface area contributed by atoms with Crippen molar-refractivity contribution < 1.29 is 0 Å². The summed E-state index contributed by atoms with van der Waals surface area (Å²) < 4.78 is 0. The molecule has 2 N–H and O–H groups in total. The maximum atomic E-state index is 4.55. The minimum Gasteiger partial charge on any atom is -0.354 e. The second-order valence-electron chi connectivity index (χ2n) is 5.42. The van der Waals surface area contributed by atoms with Crippen molar-refractivity contribution in [2.24, 2.45) is 0 Å². The average Bonchev–Trinajstić information content (AvgIpc) is 2.81. The summed E-state index contributed by atoms with van der Waals surface area (Å²) in [6, 6.07) is 2.74. The van der Waals surface area contributed by atoms with Crippen molar-refractivity contribution in [2.75, 3.05) is 18.4 Å². The highest BCUT2D eigenvalue weighted by Gasteiger charge is 2.13. The third kappa shape index (κ3) is 3.67. The molecule has 1 aliphatic heterocycles. The quantitative estimate of drug-likeness (QED) is 0.840. The predicted octanol–water partition coefficient (Wildman–Crippen LogP) is 2.46. The Bertz CT molecular complexity index is 383. The van der Waals surface area contributed by atoms with Crippen LogP contribution in [0.3, 0.4) is 0 Å². The van der Waals surface area contributed by atoms with Crippen LogP contribution in [-0.2, 0) is 0 Å². The van der Waals surface area contributed by atoms with E-state index in [9.17, 15) is 0 Å². The molecule has 18 heavy (non-hydrogen) atoms. The summed E-state index contributed by atoms with van der Waals surface area (Å²) in [5, 5.41) is 6.85. The van der Waals surface area contributed by atoms with Gasteiger partial charge in [0.25, 0.3) is 0 Å². The molecule has 1 fully saturated rings. The molecule has 1 atom stereocenters. The van der Waals surface area contributed by atoms with Gasteiger partial charge in [-0.3, -0.25) is 0 Å². The van der Waals surface area contributed by atoms with E-state index in [0.29, 0.717) is 12.0 Å². The van der Waals surface area contributed by atoms with Crippen molar-refractivity contribution in [3.8, 4) is 0 Å². The lowest BCUT2D eigenvalue weighted by atomic mass is 10.1. The van der Waals surface area contributed by atoms with E-state index in [4.69, 9.17) is 0 Å². The number of rotatable bonds is 5.